The minimum Gasteiger partial charge on any atom is -0.381 e. The lowest BCUT2D eigenvalue weighted by Gasteiger charge is -2.26. The van der Waals surface area contributed by atoms with Gasteiger partial charge in [-0.2, -0.15) is 0 Å². The molecule has 0 spiro atoms. The molecule has 1 aliphatic heterocycles. The van der Waals surface area contributed by atoms with Gasteiger partial charge in [-0.25, -0.2) is 0 Å². The molecule has 1 aliphatic rings. The van der Waals surface area contributed by atoms with Crippen LogP contribution in [0.1, 0.15) is 33.1 Å². The summed E-state index contributed by atoms with van der Waals surface area (Å²) in [6.45, 7) is 9.57. The number of nitrogens with one attached hydrogen (secondary N) is 1. The SMILES string of the molecule is CN=C(NCCOCC(C)C)N(C)CCC1CCOCC1. The summed E-state index contributed by atoms with van der Waals surface area (Å²) in [4.78, 5) is 6.54. The van der Waals surface area contributed by atoms with Crippen LogP contribution in [0.15, 0.2) is 4.99 Å². The second kappa shape index (κ2) is 10.9. The summed E-state index contributed by atoms with van der Waals surface area (Å²) in [6.07, 6.45) is 3.61. The molecular weight excluding hydrogens is 266 g/mol. The summed E-state index contributed by atoms with van der Waals surface area (Å²) in [7, 11) is 3.94. The first-order chi connectivity index (χ1) is 10.1. The van der Waals surface area contributed by atoms with Crippen molar-refractivity contribution in [3.63, 3.8) is 0 Å². The molecule has 1 saturated heterocycles. The van der Waals surface area contributed by atoms with Crippen molar-refractivity contribution < 1.29 is 9.47 Å². The number of nitrogens with zero attached hydrogens (tertiary/aromatic N) is 2. The van der Waals surface area contributed by atoms with Crippen LogP contribution in [0.4, 0.5) is 0 Å². The van der Waals surface area contributed by atoms with Crippen LogP contribution >= 0.6 is 0 Å². The Kier molecular flexibility index (Phi) is 9.42. The van der Waals surface area contributed by atoms with E-state index >= 15 is 0 Å². The number of aliphatic imine (C=N–C) groups is 1. The molecule has 0 atom stereocenters. The van der Waals surface area contributed by atoms with E-state index in [-0.39, 0.29) is 0 Å². The first-order valence-electron chi connectivity index (χ1n) is 8.20. The molecule has 0 aromatic heterocycles. The predicted octanol–water partition coefficient (Wildman–Crippen LogP) is 1.98. The van der Waals surface area contributed by atoms with E-state index in [1.807, 2.05) is 7.05 Å². The number of guanidine groups is 1. The molecule has 1 rings (SSSR count). The lowest BCUT2D eigenvalue weighted by Crippen LogP contribution is -2.41. The highest BCUT2D eigenvalue weighted by atomic mass is 16.5. The van der Waals surface area contributed by atoms with Crippen molar-refractivity contribution in [3.05, 3.63) is 0 Å². The molecule has 21 heavy (non-hydrogen) atoms. The number of rotatable bonds is 8. The van der Waals surface area contributed by atoms with Gasteiger partial charge in [-0.15, -0.1) is 0 Å². The van der Waals surface area contributed by atoms with Crippen LogP contribution in [-0.4, -0.2) is 64.5 Å². The fourth-order valence-corrected chi connectivity index (χ4v) is 2.46. The Morgan fingerprint density at radius 1 is 1.38 bits per heavy atom. The van der Waals surface area contributed by atoms with Crippen molar-refractivity contribution in [1.29, 1.82) is 0 Å². The molecule has 0 unspecified atom stereocenters. The Morgan fingerprint density at radius 2 is 2.10 bits per heavy atom. The van der Waals surface area contributed by atoms with E-state index in [0.717, 1.165) is 51.4 Å². The maximum absolute atomic E-state index is 5.57. The molecule has 5 nitrogen and oxygen atoms in total. The van der Waals surface area contributed by atoms with E-state index in [0.29, 0.717) is 5.92 Å². The average molecular weight is 299 g/mol. The molecule has 0 bridgehead atoms. The quantitative estimate of drug-likeness (QED) is 0.423. The third-order valence-electron chi connectivity index (χ3n) is 3.77. The molecule has 0 aromatic rings. The zero-order valence-electron chi connectivity index (χ0n) is 14.2. The van der Waals surface area contributed by atoms with Gasteiger partial charge in [0.25, 0.3) is 0 Å². The fraction of sp³-hybridized carbons (Fsp3) is 0.938. The van der Waals surface area contributed by atoms with Crippen LogP contribution in [0.5, 0.6) is 0 Å². The van der Waals surface area contributed by atoms with Crippen molar-refractivity contribution in [3.8, 4) is 0 Å². The van der Waals surface area contributed by atoms with Gasteiger partial charge in [0.05, 0.1) is 6.61 Å². The van der Waals surface area contributed by atoms with Gasteiger partial charge < -0.3 is 19.7 Å². The lowest BCUT2D eigenvalue weighted by atomic mass is 9.96. The molecule has 0 saturated carbocycles. The molecule has 1 fully saturated rings. The summed E-state index contributed by atoms with van der Waals surface area (Å²) < 4.78 is 11.0. The van der Waals surface area contributed by atoms with Crippen LogP contribution in [-0.2, 0) is 9.47 Å². The second-order valence-electron chi connectivity index (χ2n) is 6.21. The molecule has 0 aromatic carbocycles. The molecular formula is C16H33N3O2. The zero-order chi connectivity index (χ0) is 15.5. The first-order valence-corrected chi connectivity index (χ1v) is 8.20. The normalized spacial score (nSPS) is 17.3. The summed E-state index contributed by atoms with van der Waals surface area (Å²) in [5.41, 5.74) is 0. The van der Waals surface area contributed by atoms with E-state index in [2.05, 4.69) is 36.1 Å². The van der Waals surface area contributed by atoms with Gasteiger partial charge in [-0.05, 0) is 31.1 Å². The molecule has 0 radical (unpaired) electrons. The Morgan fingerprint density at radius 3 is 2.71 bits per heavy atom. The Bertz CT molecular complexity index is 289. The van der Waals surface area contributed by atoms with Gasteiger partial charge in [0.1, 0.15) is 0 Å². The molecule has 5 heteroatoms. The lowest BCUT2D eigenvalue weighted by molar-refractivity contribution is 0.0625. The van der Waals surface area contributed by atoms with Gasteiger partial charge in [0.2, 0.25) is 0 Å². The van der Waals surface area contributed by atoms with Crippen molar-refractivity contribution in [1.82, 2.24) is 10.2 Å². The maximum atomic E-state index is 5.57. The highest BCUT2D eigenvalue weighted by Gasteiger charge is 2.15. The maximum Gasteiger partial charge on any atom is 0.193 e. The Hall–Kier alpha value is -0.810. The van der Waals surface area contributed by atoms with Gasteiger partial charge >= 0.3 is 0 Å². The smallest absolute Gasteiger partial charge is 0.193 e. The summed E-state index contributed by atoms with van der Waals surface area (Å²) >= 11 is 0. The third kappa shape index (κ3) is 8.27. The number of ether oxygens (including phenoxy) is 2. The zero-order valence-corrected chi connectivity index (χ0v) is 14.2. The van der Waals surface area contributed by atoms with E-state index in [4.69, 9.17) is 9.47 Å². The van der Waals surface area contributed by atoms with Crippen LogP contribution in [0.2, 0.25) is 0 Å². The van der Waals surface area contributed by atoms with Crippen molar-refractivity contribution in [2.45, 2.75) is 33.1 Å². The first kappa shape index (κ1) is 18.2. The van der Waals surface area contributed by atoms with E-state index < -0.39 is 0 Å². The van der Waals surface area contributed by atoms with Crippen LogP contribution in [0.3, 0.4) is 0 Å². The standard InChI is InChI=1S/C16H33N3O2/c1-14(2)13-21-12-8-18-16(17-3)19(4)9-5-15-6-10-20-11-7-15/h14-15H,5-13H2,1-4H3,(H,17,18). The van der Waals surface area contributed by atoms with Gasteiger partial charge in [0.15, 0.2) is 5.96 Å². The summed E-state index contributed by atoms with van der Waals surface area (Å²) in [5.74, 6) is 2.34. The van der Waals surface area contributed by atoms with Gasteiger partial charge in [-0.1, -0.05) is 13.8 Å². The fourth-order valence-electron chi connectivity index (χ4n) is 2.46. The Balaban J connectivity index is 2.15. The van der Waals surface area contributed by atoms with Crippen molar-refractivity contribution in [2.75, 3.05) is 53.6 Å². The summed E-state index contributed by atoms with van der Waals surface area (Å²) in [6, 6.07) is 0. The highest BCUT2D eigenvalue weighted by Crippen LogP contribution is 2.18. The van der Waals surface area contributed by atoms with Crippen LogP contribution in [0, 0.1) is 11.8 Å². The minimum absolute atomic E-state index is 0.589. The highest BCUT2D eigenvalue weighted by molar-refractivity contribution is 5.79. The summed E-state index contributed by atoms with van der Waals surface area (Å²) in [5, 5.41) is 3.36. The molecule has 124 valence electrons. The number of hydrogen-bond acceptors (Lipinski definition) is 3. The van der Waals surface area contributed by atoms with Crippen LogP contribution < -0.4 is 5.32 Å². The molecule has 0 aliphatic carbocycles. The molecule has 1 N–H and O–H groups in total. The van der Waals surface area contributed by atoms with Gasteiger partial charge in [-0.3, -0.25) is 4.99 Å². The third-order valence-corrected chi connectivity index (χ3v) is 3.77. The minimum atomic E-state index is 0.589. The monoisotopic (exact) mass is 299 g/mol. The molecule has 1 heterocycles. The van der Waals surface area contributed by atoms with Gasteiger partial charge in [0, 0.05) is 47.0 Å². The average Bonchev–Trinajstić information content (AvgIpc) is 2.49. The van der Waals surface area contributed by atoms with Crippen LogP contribution in [0.25, 0.3) is 0 Å². The van der Waals surface area contributed by atoms with E-state index in [1.165, 1.54) is 19.3 Å². The largest absolute Gasteiger partial charge is 0.381 e. The number of hydrogen-bond donors (Lipinski definition) is 1. The topological polar surface area (TPSA) is 46.1 Å². The van der Waals surface area contributed by atoms with E-state index in [1.54, 1.807) is 0 Å². The second-order valence-corrected chi connectivity index (χ2v) is 6.21. The predicted molar refractivity (Wildman–Crippen MR) is 87.8 cm³/mol. The molecule has 0 amide bonds. The van der Waals surface area contributed by atoms with Crippen molar-refractivity contribution in [2.24, 2.45) is 16.8 Å². The van der Waals surface area contributed by atoms with E-state index in [9.17, 15) is 0 Å². The Labute approximate surface area is 130 Å². The van der Waals surface area contributed by atoms with Crippen molar-refractivity contribution >= 4 is 5.96 Å².